The Morgan fingerprint density at radius 2 is 1.62 bits per heavy atom. The third-order valence-electron chi connectivity index (χ3n) is 6.00. The van der Waals surface area contributed by atoms with Crippen LogP contribution in [0.25, 0.3) is 0 Å². The minimum atomic E-state index is 0.585. The van der Waals surface area contributed by atoms with Crippen LogP contribution in [0.15, 0.2) is 55.2 Å². The zero-order valence-corrected chi connectivity index (χ0v) is 23.2. The van der Waals surface area contributed by atoms with Gasteiger partial charge in [-0.05, 0) is 94.8 Å². The zero-order valence-electron chi connectivity index (χ0n) is 23.2. The van der Waals surface area contributed by atoms with Crippen molar-refractivity contribution in [2.75, 3.05) is 31.1 Å². The average molecular weight is 466 g/mol. The van der Waals surface area contributed by atoms with Gasteiger partial charge < -0.3 is 15.5 Å². The van der Waals surface area contributed by atoms with Crippen molar-refractivity contribution in [2.24, 2.45) is 5.73 Å². The van der Waals surface area contributed by atoms with Crippen LogP contribution in [0, 0.1) is 0 Å². The molecule has 2 radical (unpaired) electrons. The molecule has 1 aromatic carbocycles. The highest BCUT2D eigenvalue weighted by Gasteiger charge is 2.26. The lowest BCUT2D eigenvalue weighted by molar-refractivity contribution is 0.230. The van der Waals surface area contributed by atoms with Crippen LogP contribution in [0.4, 0.5) is 5.69 Å². The summed E-state index contributed by atoms with van der Waals surface area (Å²) in [7, 11) is 5.76. The largest absolute Gasteiger partial charge is 0.405 e. The number of nitrogens with zero attached hydrogens (tertiary/aromatic N) is 2. The quantitative estimate of drug-likeness (QED) is 0.377. The van der Waals surface area contributed by atoms with Crippen LogP contribution in [0.5, 0.6) is 0 Å². The molecule has 190 valence electrons. The fraction of sp³-hybridized carbons (Fsp3) is 0.600. The number of piperidine rings is 1. The van der Waals surface area contributed by atoms with Crippen molar-refractivity contribution >= 4 is 13.5 Å². The molecule has 2 heterocycles. The summed E-state index contributed by atoms with van der Waals surface area (Å²) in [6.07, 6.45) is 8.85. The molecule has 1 aromatic rings. The number of nitrogens with two attached hydrogens (primary N) is 1. The summed E-state index contributed by atoms with van der Waals surface area (Å²) in [5.74, 6) is 0.708. The predicted octanol–water partition coefficient (Wildman–Crippen LogP) is 7.19. The number of hydrogen-bond donors (Lipinski definition) is 1. The van der Waals surface area contributed by atoms with Gasteiger partial charge >= 0.3 is 0 Å². The Labute approximate surface area is 213 Å². The number of allylic oxidation sites excluding steroid dienone is 1. The van der Waals surface area contributed by atoms with Gasteiger partial charge in [-0.25, -0.2) is 0 Å². The SMILES string of the molecule is C=C1CC1.C=CN.CC.CC.[B]C(=C)CN1CCC(c2cccc3c2CCCN3C(C)C)CC1. The Balaban J connectivity index is 0.000000836. The standard InChI is InChI=1S/C20H29BN2.C4H6.C2H5N.2C2H6/c1-15(2)23-11-5-7-19-18(6-4-8-20(19)23)17-9-12-22(13-10-17)14-16(3)21;1-4-2-3-4;1-2-3;2*1-2/h4,6,8,15,17H,3,5,7,9-14H2,1-2H3;1-3H2;2H,1,3H2;2*1-2H3. The van der Waals surface area contributed by atoms with Crippen LogP contribution in [-0.4, -0.2) is 45.0 Å². The van der Waals surface area contributed by atoms with Gasteiger partial charge in [0.15, 0.2) is 0 Å². The molecule has 2 fully saturated rings. The lowest BCUT2D eigenvalue weighted by Crippen LogP contribution is -2.37. The molecule has 0 atom stereocenters. The van der Waals surface area contributed by atoms with Crippen molar-refractivity contribution in [3.8, 4) is 0 Å². The van der Waals surface area contributed by atoms with Crippen molar-refractivity contribution in [2.45, 2.75) is 92.0 Å². The molecule has 3 nitrogen and oxygen atoms in total. The summed E-state index contributed by atoms with van der Waals surface area (Å²) in [4.78, 5) is 5.02. The van der Waals surface area contributed by atoms with Gasteiger partial charge in [-0.3, -0.25) is 0 Å². The van der Waals surface area contributed by atoms with Crippen LogP contribution in [0.1, 0.15) is 90.7 Å². The molecule has 4 heteroatoms. The van der Waals surface area contributed by atoms with Crippen molar-refractivity contribution in [1.82, 2.24) is 4.90 Å². The number of likely N-dealkylation sites (tertiary alicyclic amines) is 1. The van der Waals surface area contributed by atoms with Gasteiger partial charge in [-0.15, -0.1) is 12.1 Å². The zero-order chi connectivity index (χ0) is 26.1. The van der Waals surface area contributed by atoms with Gasteiger partial charge in [0, 0.05) is 24.8 Å². The van der Waals surface area contributed by atoms with Crippen LogP contribution in [-0.2, 0) is 6.42 Å². The maximum Gasteiger partial charge on any atom is 0.108 e. The molecule has 4 rings (SSSR count). The lowest BCUT2D eigenvalue weighted by atomic mass is 9.83. The van der Waals surface area contributed by atoms with E-state index in [1.165, 1.54) is 62.5 Å². The van der Waals surface area contributed by atoms with Crippen molar-refractivity contribution in [1.29, 1.82) is 0 Å². The highest BCUT2D eigenvalue weighted by molar-refractivity contribution is 6.21. The minimum Gasteiger partial charge on any atom is -0.405 e. The summed E-state index contributed by atoms with van der Waals surface area (Å²) in [6.45, 7) is 27.6. The first-order valence-electron chi connectivity index (χ1n) is 13.4. The van der Waals surface area contributed by atoms with Crippen molar-refractivity contribution in [3.05, 3.63) is 66.3 Å². The second-order valence-electron chi connectivity index (χ2n) is 8.93. The number of hydrogen-bond acceptors (Lipinski definition) is 3. The normalized spacial score (nSPS) is 16.7. The smallest absolute Gasteiger partial charge is 0.108 e. The maximum atomic E-state index is 5.76. The lowest BCUT2D eigenvalue weighted by Gasteiger charge is -2.38. The molecule has 2 aliphatic heterocycles. The molecule has 0 aromatic heterocycles. The van der Waals surface area contributed by atoms with Crippen LogP contribution in [0.2, 0.25) is 0 Å². The average Bonchev–Trinajstić information content (AvgIpc) is 3.64. The molecule has 0 spiro atoms. The molecular weight excluding hydrogens is 413 g/mol. The monoisotopic (exact) mass is 465 g/mol. The van der Waals surface area contributed by atoms with E-state index >= 15 is 0 Å². The topological polar surface area (TPSA) is 32.5 Å². The Kier molecular flexibility index (Phi) is 17.4. The van der Waals surface area contributed by atoms with Gasteiger partial charge in [0.1, 0.15) is 7.85 Å². The first-order valence-corrected chi connectivity index (χ1v) is 13.4. The third-order valence-corrected chi connectivity index (χ3v) is 6.00. The molecule has 0 bridgehead atoms. The molecule has 34 heavy (non-hydrogen) atoms. The number of rotatable bonds is 4. The summed E-state index contributed by atoms with van der Waals surface area (Å²) >= 11 is 0. The second-order valence-corrected chi connectivity index (χ2v) is 8.93. The third kappa shape index (κ3) is 11.5. The highest BCUT2D eigenvalue weighted by Crippen LogP contribution is 2.38. The van der Waals surface area contributed by atoms with Gasteiger partial charge in [-0.2, -0.15) is 0 Å². The first-order chi connectivity index (χ1) is 16.4. The molecule has 1 saturated carbocycles. The van der Waals surface area contributed by atoms with Gasteiger partial charge in [0.25, 0.3) is 0 Å². The summed E-state index contributed by atoms with van der Waals surface area (Å²) in [6, 6.07) is 7.56. The van der Waals surface area contributed by atoms with E-state index in [-0.39, 0.29) is 0 Å². The molecule has 1 aliphatic carbocycles. The van der Waals surface area contributed by atoms with Gasteiger partial charge in [-0.1, -0.05) is 58.6 Å². The maximum absolute atomic E-state index is 5.76. The molecule has 0 amide bonds. The number of fused-ring (bicyclic) bond motifs is 1. The summed E-state index contributed by atoms with van der Waals surface area (Å²) in [5, 5.41) is 0. The Morgan fingerprint density at radius 3 is 2.06 bits per heavy atom. The highest BCUT2D eigenvalue weighted by atomic mass is 15.2. The number of anilines is 1. The molecular formula is C30H52BN3. The van der Waals surface area contributed by atoms with Crippen molar-refractivity contribution < 1.29 is 0 Å². The molecule has 0 unspecified atom stereocenters. The van der Waals surface area contributed by atoms with Crippen LogP contribution >= 0.6 is 0 Å². The van der Waals surface area contributed by atoms with Gasteiger partial charge in [0.05, 0.1) is 0 Å². The summed E-state index contributed by atoms with van der Waals surface area (Å²) in [5.41, 5.74) is 11.5. The van der Waals surface area contributed by atoms with E-state index in [0.29, 0.717) is 12.0 Å². The van der Waals surface area contributed by atoms with Crippen molar-refractivity contribution in [3.63, 3.8) is 0 Å². The van der Waals surface area contributed by atoms with E-state index in [2.05, 4.69) is 67.3 Å². The van der Waals surface area contributed by atoms with E-state index in [1.807, 2.05) is 27.7 Å². The van der Waals surface area contributed by atoms with E-state index in [9.17, 15) is 0 Å². The Hall–Kier alpha value is -1.94. The fourth-order valence-electron chi connectivity index (χ4n) is 4.38. The Bertz CT molecular complexity index is 712. The second kappa shape index (κ2) is 18.4. The first kappa shape index (κ1) is 32.1. The van der Waals surface area contributed by atoms with E-state index in [0.717, 1.165) is 25.1 Å². The number of benzene rings is 1. The van der Waals surface area contributed by atoms with Gasteiger partial charge in [0.2, 0.25) is 0 Å². The van der Waals surface area contributed by atoms with E-state index in [1.54, 1.807) is 11.1 Å². The molecule has 2 N–H and O–H groups in total. The molecule has 1 saturated heterocycles. The van der Waals surface area contributed by atoms with E-state index < -0.39 is 0 Å². The minimum absolute atomic E-state index is 0.585. The van der Waals surface area contributed by atoms with E-state index in [4.69, 9.17) is 7.85 Å². The Morgan fingerprint density at radius 1 is 1.09 bits per heavy atom. The fourth-order valence-corrected chi connectivity index (χ4v) is 4.38. The van der Waals surface area contributed by atoms with Crippen LogP contribution in [0.3, 0.4) is 0 Å². The summed E-state index contributed by atoms with van der Waals surface area (Å²) < 4.78 is 0. The predicted molar refractivity (Wildman–Crippen MR) is 156 cm³/mol. The molecule has 3 aliphatic rings. The van der Waals surface area contributed by atoms with Crippen LogP contribution < -0.4 is 10.6 Å².